The molecular formula is C13H26IN3O2. The van der Waals surface area contributed by atoms with Crippen LogP contribution in [0.15, 0.2) is 4.99 Å². The van der Waals surface area contributed by atoms with Crippen LogP contribution >= 0.6 is 24.0 Å². The maximum Gasteiger partial charge on any atom is 0.191 e. The van der Waals surface area contributed by atoms with E-state index in [1.54, 1.807) is 0 Å². The third kappa shape index (κ3) is 5.07. The fourth-order valence-electron chi connectivity index (χ4n) is 2.69. The first kappa shape index (κ1) is 17.0. The van der Waals surface area contributed by atoms with Crippen molar-refractivity contribution < 1.29 is 9.47 Å². The number of fused-ring (bicyclic) bond motifs is 2. The number of hydrogen-bond acceptors (Lipinski definition) is 3. The Labute approximate surface area is 132 Å². The molecule has 5 nitrogen and oxygen atoms in total. The fourth-order valence-corrected chi connectivity index (χ4v) is 2.69. The summed E-state index contributed by atoms with van der Waals surface area (Å²) in [4.78, 5) is 4.25. The number of guanidine groups is 1. The molecule has 2 rings (SSSR count). The van der Waals surface area contributed by atoms with Crippen molar-refractivity contribution in [2.45, 2.75) is 50.9 Å². The van der Waals surface area contributed by atoms with Gasteiger partial charge in [-0.3, -0.25) is 4.99 Å². The largest absolute Gasteiger partial charge is 0.382 e. The molecule has 0 aliphatic carbocycles. The van der Waals surface area contributed by atoms with Crippen LogP contribution in [0.25, 0.3) is 0 Å². The summed E-state index contributed by atoms with van der Waals surface area (Å²) in [5.74, 6) is 0.882. The van der Waals surface area contributed by atoms with E-state index in [1.165, 1.54) is 12.8 Å². The second kappa shape index (κ2) is 8.97. The zero-order valence-corrected chi connectivity index (χ0v) is 14.2. The van der Waals surface area contributed by atoms with E-state index >= 15 is 0 Å². The Morgan fingerprint density at radius 2 is 2.26 bits per heavy atom. The molecule has 0 aromatic heterocycles. The highest BCUT2D eigenvalue weighted by molar-refractivity contribution is 14.0. The molecule has 0 aromatic rings. The smallest absolute Gasteiger partial charge is 0.191 e. The number of halogens is 1. The Morgan fingerprint density at radius 3 is 2.84 bits per heavy atom. The average Bonchev–Trinajstić information content (AvgIpc) is 2.99. The van der Waals surface area contributed by atoms with Gasteiger partial charge < -0.3 is 20.1 Å². The molecule has 3 atom stereocenters. The van der Waals surface area contributed by atoms with Gasteiger partial charge in [0.2, 0.25) is 0 Å². The van der Waals surface area contributed by atoms with Crippen molar-refractivity contribution in [3.63, 3.8) is 0 Å². The molecule has 3 unspecified atom stereocenters. The van der Waals surface area contributed by atoms with Crippen molar-refractivity contribution in [3.8, 4) is 0 Å². The van der Waals surface area contributed by atoms with E-state index in [-0.39, 0.29) is 24.0 Å². The summed E-state index contributed by atoms with van der Waals surface area (Å²) in [6, 6.07) is 0.432. The van der Waals surface area contributed by atoms with E-state index in [1.807, 2.05) is 14.0 Å². The molecule has 2 saturated heterocycles. The molecule has 0 radical (unpaired) electrons. The van der Waals surface area contributed by atoms with E-state index in [0.29, 0.717) is 18.2 Å². The average molecular weight is 383 g/mol. The predicted octanol–water partition coefficient (Wildman–Crippen LogP) is 1.52. The summed E-state index contributed by atoms with van der Waals surface area (Å²) in [6.45, 7) is 4.50. The van der Waals surface area contributed by atoms with Crippen molar-refractivity contribution in [2.75, 3.05) is 26.8 Å². The summed E-state index contributed by atoms with van der Waals surface area (Å²) < 4.78 is 11.1. The quantitative estimate of drug-likeness (QED) is 0.316. The van der Waals surface area contributed by atoms with Crippen molar-refractivity contribution in [3.05, 3.63) is 0 Å². The third-order valence-corrected chi connectivity index (χ3v) is 3.61. The van der Waals surface area contributed by atoms with E-state index in [4.69, 9.17) is 9.47 Å². The molecule has 112 valence electrons. The van der Waals surface area contributed by atoms with Gasteiger partial charge >= 0.3 is 0 Å². The van der Waals surface area contributed by atoms with Gasteiger partial charge in [-0.25, -0.2) is 0 Å². The lowest BCUT2D eigenvalue weighted by Crippen LogP contribution is -2.47. The summed E-state index contributed by atoms with van der Waals surface area (Å²) in [5, 5.41) is 6.78. The molecule has 2 aliphatic heterocycles. The molecule has 19 heavy (non-hydrogen) atoms. The van der Waals surface area contributed by atoms with Crippen LogP contribution in [-0.2, 0) is 9.47 Å². The van der Waals surface area contributed by atoms with Gasteiger partial charge in [0, 0.05) is 26.8 Å². The Bertz CT molecular complexity index is 289. The highest BCUT2D eigenvalue weighted by Crippen LogP contribution is 2.34. The molecule has 0 amide bonds. The van der Waals surface area contributed by atoms with Crippen LogP contribution in [0, 0.1) is 0 Å². The van der Waals surface area contributed by atoms with Crippen molar-refractivity contribution in [2.24, 2.45) is 4.99 Å². The minimum absolute atomic E-state index is 0. The Morgan fingerprint density at radius 1 is 1.42 bits per heavy atom. The molecule has 2 fully saturated rings. The number of nitrogens with zero attached hydrogens (tertiary/aromatic N) is 1. The molecule has 0 saturated carbocycles. The van der Waals surface area contributed by atoms with Gasteiger partial charge in [-0.1, -0.05) is 0 Å². The van der Waals surface area contributed by atoms with E-state index in [9.17, 15) is 0 Å². The minimum Gasteiger partial charge on any atom is -0.382 e. The van der Waals surface area contributed by atoms with Gasteiger partial charge in [-0.15, -0.1) is 24.0 Å². The second-order valence-electron chi connectivity index (χ2n) is 4.91. The highest BCUT2D eigenvalue weighted by Gasteiger charge is 2.40. The van der Waals surface area contributed by atoms with Gasteiger partial charge in [-0.2, -0.15) is 0 Å². The van der Waals surface area contributed by atoms with Gasteiger partial charge in [0.15, 0.2) is 5.96 Å². The number of rotatable bonds is 6. The predicted molar refractivity (Wildman–Crippen MR) is 87.3 cm³/mol. The first-order valence-corrected chi connectivity index (χ1v) is 7.04. The number of nitrogens with one attached hydrogen (secondary N) is 2. The molecule has 2 N–H and O–H groups in total. The van der Waals surface area contributed by atoms with Crippen LogP contribution in [0.4, 0.5) is 0 Å². The first-order chi connectivity index (χ1) is 8.83. The molecule has 0 spiro atoms. The van der Waals surface area contributed by atoms with Crippen LogP contribution in [0.3, 0.4) is 0 Å². The Kier molecular flexibility index (Phi) is 8.01. The molecule has 0 aromatic carbocycles. The zero-order chi connectivity index (χ0) is 12.8. The minimum atomic E-state index is 0. The van der Waals surface area contributed by atoms with Gasteiger partial charge in [-0.05, 0) is 32.6 Å². The highest BCUT2D eigenvalue weighted by atomic mass is 127. The summed E-state index contributed by atoms with van der Waals surface area (Å²) in [5.41, 5.74) is 0. The first-order valence-electron chi connectivity index (χ1n) is 7.04. The SMILES string of the molecule is CCOCCCNC(=NC)NC1CC2CCC1O2.I. The molecular weight excluding hydrogens is 357 g/mol. The maximum absolute atomic E-state index is 5.82. The lowest BCUT2D eigenvalue weighted by Gasteiger charge is -2.22. The van der Waals surface area contributed by atoms with Gasteiger partial charge in [0.1, 0.15) is 0 Å². The Hall–Kier alpha value is -0.0800. The van der Waals surface area contributed by atoms with Crippen molar-refractivity contribution in [1.29, 1.82) is 0 Å². The van der Waals surface area contributed by atoms with Crippen molar-refractivity contribution in [1.82, 2.24) is 10.6 Å². The van der Waals surface area contributed by atoms with Gasteiger partial charge in [0.25, 0.3) is 0 Å². The third-order valence-electron chi connectivity index (χ3n) is 3.61. The molecule has 2 bridgehead atoms. The fraction of sp³-hybridized carbons (Fsp3) is 0.923. The lowest BCUT2D eigenvalue weighted by atomic mass is 9.96. The molecule has 2 aliphatic rings. The maximum atomic E-state index is 5.82. The number of ether oxygens (including phenoxy) is 2. The van der Waals surface area contributed by atoms with Crippen LogP contribution < -0.4 is 10.6 Å². The van der Waals surface area contributed by atoms with Crippen LogP contribution in [-0.4, -0.2) is 51.0 Å². The Balaban J connectivity index is 0.00000180. The number of hydrogen-bond donors (Lipinski definition) is 2. The lowest BCUT2D eigenvalue weighted by molar-refractivity contribution is 0.0992. The van der Waals surface area contributed by atoms with E-state index < -0.39 is 0 Å². The zero-order valence-electron chi connectivity index (χ0n) is 11.9. The van der Waals surface area contributed by atoms with Gasteiger partial charge in [0.05, 0.1) is 18.2 Å². The molecule has 2 heterocycles. The number of aliphatic imine (C=N–C) groups is 1. The summed E-state index contributed by atoms with van der Waals surface area (Å²) >= 11 is 0. The van der Waals surface area contributed by atoms with Crippen LogP contribution in [0.2, 0.25) is 0 Å². The normalized spacial score (nSPS) is 29.2. The standard InChI is InChI=1S/C13H25N3O2.HI/c1-3-17-8-4-7-15-13(14-2)16-11-9-10-5-6-12(11)18-10;/h10-12H,3-9H2,1-2H3,(H2,14,15,16);1H. The van der Waals surface area contributed by atoms with E-state index in [0.717, 1.165) is 38.6 Å². The van der Waals surface area contributed by atoms with Crippen LogP contribution in [0.5, 0.6) is 0 Å². The van der Waals surface area contributed by atoms with Crippen molar-refractivity contribution >= 4 is 29.9 Å². The second-order valence-corrected chi connectivity index (χ2v) is 4.91. The van der Waals surface area contributed by atoms with Crippen LogP contribution in [0.1, 0.15) is 32.6 Å². The topological polar surface area (TPSA) is 54.9 Å². The monoisotopic (exact) mass is 383 g/mol. The van der Waals surface area contributed by atoms with E-state index in [2.05, 4.69) is 15.6 Å². The molecule has 6 heteroatoms. The summed E-state index contributed by atoms with van der Waals surface area (Å²) in [7, 11) is 1.81. The summed E-state index contributed by atoms with van der Waals surface area (Å²) in [6.07, 6.45) is 5.39.